The van der Waals surface area contributed by atoms with E-state index >= 15 is 0 Å². The zero-order chi connectivity index (χ0) is 21.1. The summed E-state index contributed by atoms with van der Waals surface area (Å²) in [4.78, 5) is 0. The van der Waals surface area contributed by atoms with Gasteiger partial charge in [-0.15, -0.1) is 22.7 Å². The minimum absolute atomic E-state index is 0.0622. The Morgan fingerprint density at radius 3 is 1.86 bits per heavy atom. The molecule has 2 aromatic rings. The van der Waals surface area contributed by atoms with Crippen molar-refractivity contribution in [1.29, 1.82) is 0 Å². The quantitative estimate of drug-likeness (QED) is 0.675. The van der Waals surface area contributed by atoms with E-state index in [1.54, 1.807) is 32.3 Å². The topological polar surface area (TPSA) is 88.4 Å². The van der Waals surface area contributed by atoms with Crippen molar-refractivity contribution >= 4 is 22.7 Å². The summed E-state index contributed by atoms with van der Waals surface area (Å²) in [6.45, 7) is 7.53. The molecular formula is C20H32O6S2. The molecular weight excluding hydrogens is 400 g/mol. The van der Waals surface area contributed by atoms with E-state index in [4.69, 9.17) is 29.5 Å². The van der Waals surface area contributed by atoms with Crippen LogP contribution >= 0.6 is 22.7 Å². The Kier molecular flexibility index (Phi) is 11.5. The van der Waals surface area contributed by atoms with E-state index in [1.807, 2.05) is 21.5 Å². The summed E-state index contributed by atoms with van der Waals surface area (Å²) >= 11 is 3.15. The number of hydrogen-bond donors (Lipinski definition) is 3. The molecule has 3 heterocycles. The third kappa shape index (κ3) is 9.25. The molecule has 3 N–H and O–H groups in total. The SMILES string of the molecule is CC(O)CC(C)O.CC1CC(C)Oc2cscc2O1.COc1cscc1CO. The molecule has 4 unspecified atom stereocenters. The number of aliphatic hydroxyl groups is 3. The molecule has 1 aliphatic rings. The molecule has 4 atom stereocenters. The maximum atomic E-state index is 8.67. The van der Waals surface area contributed by atoms with E-state index in [9.17, 15) is 0 Å². The van der Waals surface area contributed by atoms with Crippen LogP contribution in [0.3, 0.4) is 0 Å². The van der Waals surface area contributed by atoms with Crippen LogP contribution in [0.5, 0.6) is 17.2 Å². The Bertz CT molecular complexity index is 604. The summed E-state index contributed by atoms with van der Waals surface area (Å²) in [6, 6.07) is 0. The first-order chi connectivity index (χ1) is 13.3. The lowest BCUT2D eigenvalue weighted by molar-refractivity contribution is 0.102. The van der Waals surface area contributed by atoms with Crippen LogP contribution in [0.15, 0.2) is 21.5 Å². The summed E-state index contributed by atoms with van der Waals surface area (Å²) in [5, 5.41) is 33.5. The first-order valence-corrected chi connectivity index (χ1v) is 11.1. The highest BCUT2D eigenvalue weighted by molar-refractivity contribution is 7.08. The molecule has 3 rings (SSSR count). The molecule has 0 fully saturated rings. The van der Waals surface area contributed by atoms with Crippen molar-refractivity contribution in [2.45, 2.75) is 71.6 Å². The lowest BCUT2D eigenvalue weighted by Crippen LogP contribution is -2.18. The summed E-state index contributed by atoms with van der Waals surface area (Å²) in [6.07, 6.45) is 1.20. The van der Waals surface area contributed by atoms with Gasteiger partial charge in [0.25, 0.3) is 0 Å². The Morgan fingerprint density at radius 2 is 1.50 bits per heavy atom. The largest absolute Gasteiger partial charge is 0.496 e. The van der Waals surface area contributed by atoms with Gasteiger partial charge in [0, 0.05) is 33.5 Å². The Labute approximate surface area is 175 Å². The zero-order valence-electron chi connectivity index (χ0n) is 17.1. The number of aliphatic hydroxyl groups excluding tert-OH is 3. The van der Waals surface area contributed by atoms with Crippen LogP contribution in [0.1, 0.15) is 46.1 Å². The van der Waals surface area contributed by atoms with Crippen LogP contribution < -0.4 is 14.2 Å². The van der Waals surface area contributed by atoms with Gasteiger partial charge in [-0.05, 0) is 34.1 Å². The molecule has 8 heteroatoms. The fourth-order valence-electron chi connectivity index (χ4n) is 2.54. The van der Waals surface area contributed by atoms with Crippen LogP contribution in [-0.4, -0.2) is 46.8 Å². The second-order valence-corrected chi connectivity index (χ2v) is 8.24. The molecule has 0 amide bonds. The van der Waals surface area contributed by atoms with Crippen LogP contribution in [0, 0.1) is 0 Å². The molecule has 6 nitrogen and oxygen atoms in total. The lowest BCUT2D eigenvalue weighted by atomic mass is 10.2. The Balaban J connectivity index is 0.000000220. The third-order valence-corrected chi connectivity index (χ3v) is 5.16. The average Bonchev–Trinajstić information content (AvgIpc) is 3.21. The number of hydrogen-bond acceptors (Lipinski definition) is 8. The second-order valence-electron chi connectivity index (χ2n) is 6.75. The van der Waals surface area contributed by atoms with Crippen molar-refractivity contribution < 1.29 is 29.5 Å². The summed E-state index contributed by atoms with van der Waals surface area (Å²) in [5.41, 5.74) is 0.863. The van der Waals surface area contributed by atoms with E-state index in [2.05, 4.69) is 13.8 Å². The van der Waals surface area contributed by atoms with Crippen molar-refractivity contribution in [3.63, 3.8) is 0 Å². The van der Waals surface area contributed by atoms with Gasteiger partial charge in [0.1, 0.15) is 5.75 Å². The third-order valence-electron chi connectivity index (χ3n) is 3.69. The molecule has 0 aromatic carbocycles. The van der Waals surface area contributed by atoms with Gasteiger partial charge in [-0.25, -0.2) is 0 Å². The van der Waals surface area contributed by atoms with E-state index < -0.39 is 0 Å². The van der Waals surface area contributed by atoms with Gasteiger partial charge in [0.05, 0.1) is 38.1 Å². The fraction of sp³-hybridized carbons (Fsp3) is 0.600. The Hall–Kier alpha value is -1.32. The van der Waals surface area contributed by atoms with E-state index in [1.165, 1.54) is 11.3 Å². The van der Waals surface area contributed by atoms with Crippen LogP contribution in [-0.2, 0) is 6.61 Å². The van der Waals surface area contributed by atoms with Gasteiger partial charge in [-0.1, -0.05) is 0 Å². The molecule has 0 saturated carbocycles. The van der Waals surface area contributed by atoms with Crippen molar-refractivity contribution in [3.05, 3.63) is 27.1 Å². The number of ether oxygens (including phenoxy) is 3. The molecule has 2 aromatic heterocycles. The molecule has 160 valence electrons. The Morgan fingerprint density at radius 1 is 1.00 bits per heavy atom. The van der Waals surface area contributed by atoms with Gasteiger partial charge < -0.3 is 29.5 Å². The molecule has 28 heavy (non-hydrogen) atoms. The highest BCUT2D eigenvalue weighted by atomic mass is 32.1. The number of fused-ring (bicyclic) bond motifs is 1. The molecule has 1 aliphatic heterocycles. The maximum Gasteiger partial charge on any atom is 0.172 e. The summed E-state index contributed by atoms with van der Waals surface area (Å²) in [7, 11) is 1.60. The van der Waals surface area contributed by atoms with Crippen LogP contribution in [0.25, 0.3) is 0 Å². The average molecular weight is 433 g/mol. The van der Waals surface area contributed by atoms with Crippen LogP contribution in [0.4, 0.5) is 0 Å². The molecule has 0 bridgehead atoms. The zero-order valence-corrected chi connectivity index (χ0v) is 18.8. The minimum atomic E-state index is -0.375. The van der Waals surface area contributed by atoms with Crippen LogP contribution in [0.2, 0.25) is 0 Å². The minimum Gasteiger partial charge on any atom is -0.496 e. The molecule has 0 spiro atoms. The maximum absolute atomic E-state index is 8.67. The lowest BCUT2D eigenvalue weighted by Gasteiger charge is -2.11. The van der Waals surface area contributed by atoms with E-state index in [0.29, 0.717) is 6.42 Å². The van der Waals surface area contributed by atoms with Gasteiger partial charge in [-0.3, -0.25) is 0 Å². The molecule has 0 radical (unpaired) electrons. The van der Waals surface area contributed by atoms with Gasteiger partial charge in [-0.2, -0.15) is 0 Å². The van der Waals surface area contributed by atoms with Gasteiger partial charge in [0.2, 0.25) is 0 Å². The predicted octanol–water partition coefficient (Wildman–Crippen LogP) is 4.07. The number of rotatable bonds is 4. The first-order valence-electron chi connectivity index (χ1n) is 9.22. The van der Waals surface area contributed by atoms with Crippen molar-refractivity contribution in [1.82, 2.24) is 0 Å². The highest BCUT2D eigenvalue weighted by Gasteiger charge is 2.20. The van der Waals surface area contributed by atoms with E-state index in [-0.39, 0.29) is 31.0 Å². The normalized spacial score (nSPS) is 19.9. The standard InChI is InChI=1S/C9H12O2S.C6H8O2S.C5H12O2/c1-6-3-7(2)11-9-5-12-4-8(9)10-6;1-8-6-4-9-3-5(6)2-7;1-4(6)3-5(2)7/h4-7H,3H2,1-2H3;3-4,7H,2H2,1H3;4-7H,3H2,1-2H3. The van der Waals surface area contributed by atoms with Crippen molar-refractivity contribution in [2.75, 3.05) is 7.11 Å². The highest BCUT2D eigenvalue weighted by Crippen LogP contribution is 2.36. The number of thiophene rings is 2. The second kappa shape index (κ2) is 13.0. The monoisotopic (exact) mass is 432 g/mol. The van der Waals surface area contributed by atoms with Gasteiger partial charge in [0.15, 0.2) is 11.5 Å². The summed E-state index contributed by atoms with van der Waals surface area (Å²) in [5.74, 6) is 2.58. The smallest absolute Gasteiger partial charge is 0.172 e. The van der Waals surface area contributed by atoms with Crippen molar-refractivity contribution in [2.24, 2.45) is 0 Å². The fourth-order valence-corrected chi connectivity index (χ4v) is 4.00. The number of methoxy groups -OCH3 is 1. The summed E-state index contributed by atoms with van der Waals surface area (Å²) < 4.78 is 16.2. The molecule has 0 aliphatic carbocycles. The van der Waals surface area contributed by atoms with E-state index in [0.717, 1.165) is 29.2 Å². The molecule has 0 saturated heterocycles. The first kappa shape index (κ1) is 24.7. The van der Waals surface area contributed by atoms with Gasteiger partial charge >= 0.3 is 0 Å². The van der Waals surface area contributed by atoms with Crippen molar-refractivity contribution in [3.8, 4) is 17.2 Å². The predicted molar refractivity (Wildman–Crippen MR) is 114 cm³/mol.